The minimum atomic E-state index is -3.61. The molecule has 29 heavy (non-hydrogen) atoms. The lowest BCUT2D eigenvalue weighted by Gasteiger charge is -2.31. The van der Waals surface area contributed by atoms with Gasteiger partial charge in [-0.3, -0.25) is 9.59 Å². The fourth-order valence-electron chi connectivity index (χ4n) is 3.30. The molecular formula is C21H25N3O4S. The minimum absolute atomic E-state index is 0.152. The highest BCUT2D eigenvalue weighted by Crippen LogP contribution is 2.23. The molecule has 0 radical (unpaired) electrons. The molecule has 1 aliphatic rings. The zero-order chi connectivity index (χ0) is 20.7. The molecule has 0 saturated carbocycles. The number of sulfonamides is 1. The summed E-state index contributed by atoms with van der Waals surface area (Å²) in [5.41, 5.74) is 0.706. The van der Waals surface area contributed by atoms with E-state index in [0.29, 0.717) is 25.1 Å². The van der Waals surface area contributed by atoms with E-state index in [9.17, 15) is 18.0 Å². The average Bonchev–Trinajstić information content (AvgIpc) is 2.75. The van der Waals surface area contributed by atoms with Gasteiger partial charge in [-0.1, -0.05) is 36.4 Å². The molecule has 154 valence electrons. The summed E-state index contributed by atoms with van der Waals surface area (Å²) in [6.45, 7) is 0.763. The van der Waals surface area contributed by atoms with Crippen LogP contribution in [-0.2, 0) is 19.6 Å². The molecule has 1 aliphatic heterocycles. The van der Waals surface area contributed by atoms with Crippen molar-refractivity contribution < 1.29 is 18.0 Å². The van der Waals surface area contributed by atoms with E-state index in [-0.39, 0.29) is 36.2 Å². The standard InChI is InChI=1S/C21H25N3O4S/c25-20(23-18-9-3-1-4-10-18)13-14-22-21(26)17-8-7-15-24(16-17)29(27,28)19-11-5-2-6-12-19/h1-6,9-12,17H,7-8,13-16H2,(H,22,26)(H,23,25). The zero-order valence-corrected chi connectivity index (χ0v) is 16.9. The summed E-state index contributed by atoms with van der Waals surface area (Å²) in [6, 6.07) is 17.4. The summed E-state index contributed by atoms with van der Waals surface area (Å²) in [7, 11) is -3.61. The Kier molecular flexibility index (Phi) is 7.00. The largest absolute Gasteiger partial charge is 0.355 e. The number of anilines is 1. The molecule has 1 atom stereocenters. The molecule has 2 aromatic carbocycles. The van der Waals surface area contributed by atoms with Gasteiger partial charge in [0.2, 0.25) is 21.8 Å². The van der Waals surface area contributed by atoms with Gasteiger partial charge in [0.15, 0.2) is 0 Å². The van der Waals surface area contributed by atoms with E-state index in [4.69, 9.17) is 0 Å². The Labute approximate surface area is 171 Å². The number of hydrogen-bond acceptors (Lipinski definition) is 4. The molecule has 2 N–H and O–H groups in total. The number of nitrogens with one attached hydrogen (secondary N) is 2. The van der Waals surface area contributed by atoms with Crippen molar-refractivity contribution in [3.05, 3.63) is 60.7 Å². The van der Waals surface area contributed by atoms with E-state index in [1.54, 1.807) is 42.5 Å². The molecule has 2 amide bonds. The Bertz CT molecular complexity index is 933. The van der Waals surface area contributed by atoms with E-state index >= 15 is 0 Å². The third kappa shape index (κ3) is 5.65. The van der Waals surface area contributed by atoms with Crippen LogP contribution >= 0.6 is 0 Å². The lowest BCUT2D eigenvalue weighted by atomic mass is 9.99. The molecule has 2 aromatic rings. The van der Waals surface area contributed by atoms with Crippen LogP contribution in [0.15, 0.2) is 65.6 Å². The van der Waals surface area contributed by atoms with Crippen LogP contribution in [0.25, 0.3) is 0 Å². The van der Waals surface area contributed by atoms with E-state index in [0.717, 1.165) is 0 Å². The third-order valence-electron chi connectivity index (χ3n) is 4.84. The van der Waals surface area contributed by atoms with Crippen molar-refractivity contribution in [1.29, 1.82) is 0 Å². The fraction of sp³-hybridized carbons (Fsp3) is 0.333. The molecule has 0 bridgehead atoms. The van der Waals surface area contributed by atoms with Crippen molar-refractivity contribution in [3.63, 3.8) is 0 Å². The first-order valence-corrected chi connectivity index (χ1v) is 11.1. The van der Waals surface area contributed by atoms with Gasteiger partial charge in [0, 0.05) is 31.7 Å². The molecule has 0 spiro atoms. The average molecular weight is 416 g/mol. The van der Waals surface area contributed by atoms with Crippen molar-refractivity contribution in [2.24, 2.45) is 5.92 Å². The first-order chi connectivity index (χ1) is 14.0. The van der Waals surface area contributed by atoms with Gasteiger partial charge in [0.1, 0.15) is 0 Å². The van der Waals surface area contributed by atoms with Gasteiger partial charge in [-0.2, -0.15) is 4.31 Å². The van der Waals surface area contributed by atoms with Crippen molar-refractivity contribution in [2.75, 3.05) is 25.0 Å². The van der Waals surface area contributed by atoms with Gasteiger partial charge in [-0.05, 0) is 37.1 Å². The minimum Gasteiger partial charge on any atom is -0.355 e. The van der Waals surface area contributed by atoms with Crippen LogP contribution in [0.2, 0.25) is 0 Å². The maximum atomic E-state index is 12.8. The summed E-state index contributed by atoms with van der Waals surface area (Å²) in [5, 5.41) is 5.52. The predicted molar refractivity (Wildman–Crippen MR) is 111 cm³/mol. The van der Waals surface area contributed by atoms with Crippen LogP contribution in [-0.4, -0.2) is 44.2 Å². The molecular weight excluding hydrogens is 390 g/mol. The third-order valence-corrected chi connectivity index (χ3v) is 6.72. The summed E-state index contributed by atoms with van der Waals surface area (Å²) >= 11 is 0. The number of amides is 2. The van der Waals surface area contributed by atoms with Gasteiger partial charge in [0.25, 0.3) is 0 Å². The normalized spacial score (nSPS) is 17.4. The van der Waals surface area contributed by atoms with Crippen LogP contribution in [0.5, 0.6) is 0 Å². The zero-order valence-electron chi connectivity index (χ0n) is 16.1. The number of hydrogen-bond donors (Lipinski definition) is 2. The Morgan fingerprint density at radius 1 is 1.00 bits per heavy atom. The van der Waals surface area contributed by atoms with E-state index < -0.39 is 15.9 Å². The van der Waals surface area contributed by atoms with E-state index in [1.807, 2.05) is 18.2 Å². The van der Waals surface area contributed by atoms with Crippen LogP contribution in [0.3, 0.4) is 0 Å². The predicted octanol–water partition coefficient (Wildman–Crippen LogP) is 2.23. The molecule has 7 nitrogen and oxygen atoms in total. The monoisotopic (exact) mass is 415 g/mol. The Morgan fingerprint density at radius 3 is 2.34 bits per heavy atom. The Hall–Kier alpha value is -2.71. The molecule has 8 heteroatoms. The number of carbonyl (C=O) groups excluding carboxylic acids is 2. The molecule has 0 aliphatic carbocycles. The van der Waals surface area contributed by atoms with Gasteiger partial charge in [-0.15, -0.1) is 0 Å². The van der Waals surface area contributed by atoms with E-state index in [1.165, 1.54) is 4.31 Å². The van der Waals surface area contributed by atoms with Gasteiger partial charge >= 0.3 is 0 Å². The Balaban J connectivity index is 1.49. The van der Waals surface area contributed by atoms with Crippen molar-refractivity contribution >= 4 is 27.5 Å². The lowest BCUT2D eigenvalue weighted by Crippen LogP contribution is -2.45. The summed E-state index contributed by atoms with van der Waals surface area (Å²) in [6.07, 6.45) is 1.40. The van der Waals surface area contributed by atoms with Crippen LogP contribution in [0.4, 0.5) is 5.69 Å². The Morgan fingerprint density at radius 2 is 1.66 bits per heavy atom. The van der Waals surface area contributed by atoms with Crippen LogP contribution < -0.4 is 10.6 Å². The number of piperidine rings is 1. The second-order valence-corrected chi connectivity index (χ2v) is 8.91. The maximum absolute atomic E-state index is 12.8. The van der Waals surface area contributed by atoms with E-state index in [2.05, 4.69) is 10.6 Å². The maximum Gasteiger partial charge on any atom is 0.243 e. The fourth-order valence-corrected chi connectivity index (χ4v) is 4.85. The second kappa shape index (κ2) is 9.67. The quantitative estimate of drug-likeness (QED) is 0.725. The van der Waals surface area contributed by atoms with Gasteiger partial charge in [-0.25, -0.2) is 8.42 Å². The van der Waals surface area contributed by atoms with Gasteiger partial charge in [0.05, 0.1) is 10.8 Å². The number of rotatable bonds is 7. The van der Waals surface area contributed by atoms with Gasteiger partial charge < -0.3 is 10.6 Å². The highest BCUT2D eigenvalue weighted by atomic mass is 32.2. The smallest absolute Gasteiger partial charge is 0.243 e. The van der Waals surface area contributed by atoms with Crippen molar-refractivity contribution in [2.45, 2.75) is 24.2 Å². The number of carbonyl (C=O) groups is 2. The van der Waals surface area contributed by atoms with Crippen molar-refractivity contribution in [1.82, 2.24) is 9.62 Å². The van der Waals surface area contributed by atoms with Crippen molar-refractivity contribution in [3.8, 4) is 0 Å². The summed E-state index contributed by atoms with van der Waals surface area (Å²) in [5.74, 6) is -0.821. The number of para-hydroxylation sites is 1. The first kappa shape index (κ1) is 21.0. The second-order valence-electron chi connectivity index (χ2n) is 6.97. The summed E-state index contributed by atoms with van der Waals surface area (Å²) in [4.78, 5) is 24.7. The van der Waals surface area contributed by atoms with Crippen LogP contribution in [0.1, 0.15) is 19.3 Å². The molecule has 1 unspecified atom stereocenters. The lowest BCUT2D eigenvalue weighted by molar-refractivity contribution is -0.126. The van der Waals surface area contributed by atoms with Crippen LogP contribution in [0, 0.1) is 5.92 Å². The highest BCUT2D eigenvalue weighted by molar-refractivity contribution is 7.89. The molecule has 1 saturated heterocycles. The molecule has 0 aromatic heterocycles. The molecule has 1 fully saturated rings. The molecule has 1 heterocycles. The summed E-state index contributed by atoms with van der Waals surface area (Å²) < 4.78 is 26.9. The SMILES string of the molecule is O=C(CCNC(=O)C1CCCN(S(=O)(=O)c2ccccc2)C1)Nc1ccccc1. The highest BCUT2D eigenvalue weighted by Gasteiger charge is 2.33. The number of benzene rings is 2. The number of nitrogens with zero attached hydrogens (tertiary/aromatic N) is 1. The topological polar surface area (TPSA) is 95.6 Å². The first-order valence-electron chi connectivity index (χ1n) is 9.64. The molecule has 3 rings (SSSR count).